The van der Waals surface area contributed by atoms with Gasteiger partial charge in [-0.15, -0.1) is 0 Å². The van der Waals surface area contributed by atoms with Crippen LogP contribution >= 0.6 is 11.6 Å². The van der Waals surface area contributed by atoms with Gasteiger partial charge in [-0.25, -0.2) is 13.8 Å². The van der Waals surface area contributed by atoms with Gasteiger partial charge in [0.1, 0.15) is 41.3 Å². The summed E-state index contributed by atoms with van der Waals surface area (Å²) >= 11 is 6.54. The second kappa shape index (κ2) is 19.9. The minimum Gasteiger partial charge on any atom is -0.507 e. The molecule has 0 saturated carbocycles. The maximum absolute atomic E-state index is 16.4. The molecule has 21 heteroatoms. The number of carbonyl (C=O) groups is 6. The van der Waals surface area contributed by atoms with Gasteiger partial charge in [0.25, 0.3) is 11.8 Å². The van der Waals surface area contributed by atoms with Crippen LogP contribution in [0, 0.1) is 11.6 Å². The minimum absolute atomic E-state index is 0.00264. The second-order valence-corrected chi connectivity index (χ2v) is 15.6. The number of benzene rings is 3. The summed E-state index contributed by atoms with van der Waals surface area (Å²) in [5.74, 6) is -4.36. The number of aromatic hydroxyl groups is 1. The van der Waals surface area contributed by atoms with E-state index in [1.807, 2.05) is 4.90 Å². The molecule has 6 amide bonds. The van der Waals surface area contributed by atoms with Crippen molar-refractivity contribution in [2.45, 2.75) is 32.2 Å². The Kier molecular flexibility index (Phi) is 14.2. The highest BCUT2D eigenvalue weighted by Gasteiger charge is 2.44. The molecular weight excluding hydrogens is 862 g/mol. The Morgan fingerprint density at radius 3 is 2.38 bits per heavy atom. The lowest BCUT2D eigenvalue weighted by molar-refractivity contribution is -0.136. The summed E-state index contributed by atoms with van der Waals surface area (Å²) in [4.78, 5) is 89.7. The molecule has 2 fully saturated rings. The quantitative estimate of drug-likeness (QED) is 0.102. The second-order valence-electron chi connectivity index (χ2n) is 15.2. The largest absolute Gasteiger partial charge is 0.507 e. The van der Waals surface area contributed by atoms with Gasteiger partial charge in [-0.3, -0.25) is 39.0 Å². The smallest absolute Gasteiger partial charge is 0.262 e. The van der Waals surface area contributed by atoms with Crippen LogP contribution in [0.4, 0.5) is 20.5 Å². The number of phenols is 1. The van der Waals surface area contributed by atoms with Gasteiger partial charge in [0.05, 0.1) is 48.1 Å². The van der Waals surface area contributed by atoms with Gasteiger partial charge in [0, 0.05) is 77.0 Å². The number of fused-ring (bicyclic) bond motifs is 2. The van der Waals surface area contributed by atoms with E-state index in [9.17, 15) is 38.3 Å². The molecule has 0 radical (unpaired) electrons. The van der Waals surface area contributed by atoms with Gasteiger partial charge in [0.15, 0.2) is 5.82 Å². The third-order valence-corrected chi connectivity index (χ3v) is 11.3. The van der Waals surface area contributed by atoms with E-state index in [2.05, 4.69) is 20.6 Å². The fourth-order valence-electron chi connectivity index (χ4n) is 7.60. The summed E-state index contributed by atoms with van der Waals surface area (Å²) in [5.41, 5.74) is -0.706. The molecule has 0 bridgehead atoms. The zero-order chi connectivity index (χ0) is 45.7. The summed E-state index contributed by atoms with van der Waals surface area (Å²) in [6.07, 6.45) is 0.110. The van der Waals surface area contributed by atoms with Crippen molar-refractivity contribution in [3.05, 3.63) is 70.2 Å². The average Bonchev–Trinajstić information content (AvgIpc) is 3.51. The highest BCUT2D eigenvalue weighted by molar-refractivity contribution is 6.34. The first-order valence-corrected chi connectivity index (χ1v) is 20.9. The highest BCUT2D eigenvalue weighted by Crippen LogP contribution is 2.42. The number of imide groups is 2. The molecule has 1 atom stereocenters. The topological polar surface area (TPSA) is 213 Å². The summed E-state index contributed by atoms with van der Waals surface area (Å²) in [6.45, 7) is 4.44. The number of nitrogens with zero attached hydrogens (tertiary/aromatic N) is 6. The number of likely N-dealkylation sites (N-methyl/N-ethyl adjacent to an activating group) is 1. The molecular formula is C43H45ClF2N8O10. The van der Waals surface area contributed by atoms with Crippen LogP contribution in [0.2, 0.25) is 5.02 Å². The lowest BCUT2D eigenvalue weighted by Crippen LogP contribution is -2.54. The Morgan fingerprint density at radius 1 is 0.938 bits per heavy atom. The number of aromatic nitrogens is 2. The van der Waals surface area contributed by atoms with Gasteiger partial charge in [0.2, 0.25) is 29.6 Å². The standard InChI is InChI=1S/C43H45ClF2N8O10/c1-24(55)52-12-14-53(15-13-52)39-28-23-29(44)35(36-30(45)4-3-5-32(36)56)37(46)38(28)49-43(50-39)47-11-10-34(58)51(2)16-17-62-18-19-63-20-21-64-25-6-7-26-27(22-25)42(61)54(41(26)60)31-8-9-33(57)48-40(31)59/h3-7,22-23,31,56H,8-21H2,1-2H3,(H,47,49,50)(H,48,57,59). The molecule has 338 valence electrons. The zero-order valence-electron chi connectivity index (χ0n) is 35.0. The Morgan fingerprint density at radius 2 is 1.66 bits per heavy atom. The lowest BCUT2D eigenvalue weighted by Gasteiger charge is -2.35. The summed E-state index contributed by atoms with van der Waals surface area (Å²) in [5, 5.41) is 15.7. The Labute approximate surface area is 370 Å². The lowest BCUT2D eigenvalue weighted by atomic mass is 10.0. The molecule has 3 N–H and O–H groups in total. The molecule has 18 nitrogen and oxygen atoms in total. The van der Waals surface area contributed by atoms with E-state index in [0.29, 0.717) is 37.7 Å². The fraction of sp³-hybridized carbons (Fsp3) is 0.395. The molecule has 7 rings (SSSR count). The van der Waals surface area contributed by atoms with Crippen LogP contribution < -0.4 is 20.3 Å². The SMILES string of the molecule is CC(=O)N1CCN(c2nc(NCCC(=O)N(C)CCOCCOCCOc3ccc4c(c3)C(=O)N(C3CCC(=O)NC3=O)C4=O)nc3c(F)c(-c4c(O)cccc4F)c(Cl)cc23)CC1. The van der Waals surface area contributed by atoms with Crippen molar-refractivity contribution < 1.29 is 56.9 Å². The van der Waals surface area contributed by atoms with Crippen LogP contribution in [0.25, 0.3) is 22.0 Å². The molecule has 3 aliphatic rings. The first-order chi connectivity index (χ1) is 30.7. The van der Waals surface area contributed by atoms with Gasteiger partial charge in [-0.1, -0.05) is 17.7 Å². The van der Waals surface area contributed by atoms with Crippen molar-refractivity contribution in [3.8, 4) is 22.6 Å². The monoisotopic (exact) mass is 906 g/mol. The van der Waals surface area contributed by atoms with E-state index >= 15 is 4.39 Å². The number of rotatable bonds is 17. The van der Waals surface area contributed by atoms with Crippen molar-refractivity contribution in [2.24, 2.45) is 0 Å². The fourth-order valence-corrected chi connectivity index (χ4v) is 7.89. The van der Waals surface area contributed by atoms with Crippen LogP contribution in [-0.2, 0) is 28.7 Å². The van der Waals surface area contributed by atoms with E-state index in [1.54, 1.807) is 18.0 Å². The molecule has 2 saturated heterocycles. The number of phenolic OH excluding ortho intramolecular Hbond substituents is 1. The number of hydrogen-bond acceptors (Lipinski definition) is 14. The minimum atomic E-state index is -1.06. The van der Waals surface area contributed by atoms with E-state index in [1.165, 1.54) is 42.2 Å². The maximum atomic E-state index is 16.4. The third kappa shape index (κ3) is 9.83. The molecule has 4 heterocycles. The number of ether oxygens (including phenoxy) is 3. The van der Waals surface area contributed by atoms with Crippen molar-refractivity contribution >= 4 is 69.7 Å². The number of anilines is 2. The summed E-state index contributed by atoms with van der Waals surface area (Å²) < 4.78 is 48.2. The van der Waals surface area contributed by atoms with Gasteiger partial charge in [-0.2, -0.15) is 4.98 Å². The number of piperazine rings is 1. The van der Waals surface area contributed by atoms with Crippen LogP contribution in [0.3, 0.4) is 0 Å². The van der Waals surface area contributed by atoms with Crippen LogP contribution in [-0.4, -0.2) is 151 Å². The number of halogens is 3. The number of amides is 6. The van der Waals surface area contributed by atoms with Gasteiger partial charge in [-0.05, 0) is 42.8 Å². The number of piperidine rings is 1. The normalized spacial score (nSPS) is 16.3. The number of nitrogens with one attached hydrogen (secondary N) is 2. The number of hydrogen-bond donors (Lipinski definition) is 3. The van der Waals surface area contributed by atoms with Gasteiger partial charge >= 0.3 is 0 Å². The van der Waals surface area contributed by atoms with E-state index in [4.69, 9.17) is 25.8 Å². The Bertz CT molecular complexity index is 2490. The molecule has 64 heavy (non-hydrogen) atoms. The average molecular weight is 907 g/mol. The Hall–Kier alpha value is -6.51. The molecule has 3 aliphatic heterocycles. The van der Waals surface area contributed by atoms with Crippen LogP contribution in [0.15, 0.2) is 42.5 Å². The molecule has 1 unspecified atom stereocenters. The van der Waals surface area contributed by atoms with Crippen LogP contribution in [0.5, 0.6) is 11.5 Å². The van der Waals surface area contributed by atoms with E-state index in [-0.39, 0.29) is 116 Å². The maximum Gasteiger partial charge on any atom is 0.262 e. The molecule has 1 aromatic heterocycles. The summed E-state index contributed by atoms with van der Waals surface area (Å²) in [7, 11) is 1.62. The third-order valence-electron chi connectivity index (χ3n) is 11.0. The van der Waals surface area contributed by atoms with E-state index in [0.717, 1.165) is 11.0 Å². The van der Waals surface area contributed by atoms with Crippen molar-refractivity contribution in [1.82, 2.24) is 30.0 Å². The Balaban J connectivity index is 0.857. The van der Waals surface area contributed by atoms with Crippen molar-refractivity contribution in [2.75, 3.05) is 89.6 Å². The van der Waals surface area contributed by atoms with Crippen LogP contribution in [0.1, 0.15) is 46.9 Å². The zero-order valence-corrected chi connectivity index (χ0v) is 35.7. The van der Waals surface area contributed by atoms with Crippen molar-refractivity contribution in [3.63, 3.8) is 0 Å². The predicted molar refractivity (Wildman–Crippen MR) is 227 cm³/mol. The van der Waals surface area contributed by atoms with E-state index < -0.39 is 52.6 Å². The molecule has 0 spiro atoms. The molecule has 3 aromatic carbocycles. The highest BCUT2D eigenvalue weighted by atomic mass is 35.5. The van der Waals surface area contributed by atoms with Gasteiger partial charge < -0.3 is 39.3 Å². The molecule has 4 aromatic rings. The molecule has 0 aliphatic carbocycles. The number of carbonyl (C=O) groups excluding carboxylic acids is 6. The first kappa shape index (κ1) is 45.5. The van der Waals surface area contributed by atoms with Crippen molar-refractivity contribution in [1.29, 1.82) is 0 Å². The first-order valence-electron chi connectivity index (χ1n) is 20.5. The predicted octanol–water partition coefficient (Wildman–Crippen LogP) is 3.38. The summed E-state index contributed by atoms with van der Waals surface area (Å²) in [6, 6.07) is 8.39.